The zero-order chi connectivity index (χ0) is 5.11. The summed E-state index contributed by atoms with van der Waals surface area (Å²) in [7, 11) is 0. The Kier molecular flexibility index (Phi) is 0.978. The summed E-state index contributed by atoms with van der Waals surface area (Å²) >= 11 is 0. The van der Waals surface area contributed by atoms with E-state index in [1.54, 1.807) is 6.20 Å². The van der Waals surface area contributed by atoms with Crippen molar-refractivity contribution in [3.8, 4) is 0 Å². The lowest BCUT2D eigenvalue weighted by molar-refractivity contribution is -0.376. The maximum Gasteiger partial charge on any atom is 0.195 e. The number of nitrogens with zero attached hydrogens (tertiary/aromatic N) is 1. The molecule has 3 nitrogen and oxygen atoms in total. The first-order valence-corrected chi connectivity index (χ1v) is 2.08. The smallest absolute Gasteiger partial charge is 0.195 e. The average molecular weight is 98.1 g/mol. The van der Waals surface area contributed by atoms with Crippen molar-refractivity contribution in [1.82, 2.24) is 5.32 Å². The third-order valence-electron chi connectivity index (χ3n) is 0.728. The van der Waals surface area contributed by atoms with E-state index in [1.165, 1.54) is 12.4 Å². The number of hydrogen-bond acceptors (Lipinski definition) is 2. The number of nitrogens with one attached hydrogen (secondary N) is 1. The average Bonchev–Trinajstić information content (AvgIpc) is 1.69. The molecule has 0 aromatic heterocycles. The van der Waals surface area contributed by atoms with Crippen LogP contribution in [-0.2, 0) is 0 Å². The van der Waals surface area contributed by atoms with Crippen LogP contribution in [0.1, 0.15) is 0 Å². The van der Waals surface area contributed by atoms with Gasteiger partial charge < -0.3 is 10.5 Å². The fourth-order valence-electron chi connectivity index (χ4n) is 0.398. The molecule has 1 aliphatic heterocycles. The van der Waals surface area contributed by atoms with E-state index < -0.39 is 0 Å². The molecule has 0 unspecified atom stereocenters. The minimum absolute atomic E-state index is 0.639. The van der Waals surface area contributed by atoms with Gasteiger partial charge in [-0.15, -0.1) is 0 Å². The Labute approximate surface area is 41.5 Å². The highest BCUT2D eigenvalue weighted by molar-refractivity contribution is 5.55. The number of hydrogen-bond donors (Lipinski definition) is 1. The van der Waals surface area contributed by atoms with Gasteiger partial charge in [0.2, 0.25) is 0 Å². The molecule has 0 aliphatic carbocycles. The van der Waals surface area contributed by atoms with E-state index in [4.69, 9.17) is 0 Å². The fourth-order valence-corrected chi connectivity index (χ4v) is 0.398. The van der Waals surface area contributed by atoms with E-state index in [-0.39, 0.29) is 0 Å². The van der Waals surface area contributed by atoms with Gasteiger partial charge in [-0.05, 0) is 0 Å². The molecule has 0 saturated heterocycles. The quantitative estimate of drug-likeness (QED) is 0.332. The van der Waals surface area contributed by atoms with Crippen LogP contribution in [0, 0.1) is 5.21 Å². The van der Waals surface area contributed by atoms with Crippen LogP contribution < -0.4 is 5.32 Å². The van der Waals surface area contributed by atoms with Gasteiger partial charge in [0, 0.05) is 0 Å². The van der Waals surface area contributed by atoms with Crippen LogP contribution in [0.25, 0.3) is 0 Å². The van der Waals surface area contributed by atoms with Crippen LogP contribution in [-0.4, -0.2) is 17.5 Å². The molecule has 0 fully saturated rings. The summed E-state index contributed by atoms with van der Waals surface area (Å²) in [6.07, 6.45) is 4.55. The van der Waals surface area contributed by atoms with Gasteiger partial charge in [-0.1, -0.05) is 0 Å². The summed E-state index contributed by atoms with van der Waals surface area (Å²) in [6, 6.07) is 0. The third kappa shape index (κ3) is 0.924. The topological polar surface area (TPSA) is 38.1 Å². The van der Waals surface area contributed by atoms with Gasteiger partial charge in [-0.3, -0.25) is 0 Å². The van der Waals surface area contributed by atoms with Crippen molar-refractivity contribution in [2.75, 3.05) is 6.54 Å². The molecule has 0 spiro atoms. The maximum absolute atomic E-state index is 10.2. The molecule has 0 amide bonds. The van der Waals surface area contributed by atoms with Crippen LogP contribution in [0.5, 0.6) is 0 Å². The first-order valence-electron chi connectivity index (χ1n) is 2.08. The summed E-state index contributed by atoms with van der Waals surface area (Å²) in [5, 5.41) is 13.0. The monoisotopic (exact) mass is 98.0 g/mol. The zero-order valence-corrected chi connectivity index (χ0v) is 3.79. The van der Waals surface area contributed by atoms with Gasteiger partial charge in [0.25, 0.3) is 0 Å². The van der Waals surface area contributed by atoms with Crippen molar-refractivity contribution < 1.29 is 4.74 Å². The second kappa shape index (κ2) is 1.64. The zero-order valence-electron chi connectivity index (χ0n) is 3.79. The van der Waals surface area contributed by atoms with E-state index in [0.29, 0.717) is 6.54 Å². The first kappa shape index (κ1) is 4.18. The standard InChI is InChI=1S/C4H6N2O/c7-6-3-1-5-2-4-6/h1,3-5H,2H2. The first-order chi connectivity index (χ1) is 3.39. The molecule has 1 aliphatic rings. The van der Waals surface area contributed by atoms with E-state index >= 15 is 0 Å². The maximum atomic E-state index is 10.2. The second-order valence-corrected chi connectivity index (χ2v) is 1.27. The summed E-state index contributed by atoms with van der Waals surface area (Å²) in [5.74, 6) is 0. The van der Waals surface area contributed by atoms with Crippen molar-refractivity contribution >= 4 is 6.21 Å². The summed E-state index contributed by atoms with van der Waals surface area (Å²) < 4.78 is 0.774. The largest absolute Gasteiger partial charge is 0.619 e. The molecule has 0 bridgehead atoms. The minimum Gasteiger partial charge on any atom is -0.619 e. The van der Waals surface area contributed by atoms with Gasteiger partial charge in [-0.2, -0.15) is 4.74 Å². The highest BCUT2D eigenvalue weighted by Gasteiger charge is 1.88. The Morgan fingerprint density at radius 1 is 1.71 bits per heavy atom. The van der Waals surface area contributed by atoms with Crippen molar-refractivity contribution in [3.63, 3.8) is 0 Å². The summed E-state index contributed by atoms with van der Waals surface area (Å²) in [4.78, 5) is 0. The van der Waals surface area contributed by atoms with Gasteiger partial charge in [0.15, 0.2) is 12.4 Å². The molecule has 0 saturated carbocycles. The minimum atomic E-state index is 0.639. The van der Waals surface area contributed by atoms with Gasteiger partial charge >= 0.3 is 0 Å². The van der Waals surface area contributed by atoms with Crippen molar-refractivity contribution in [3.05, 3.63) is 17.6 Å². The number of rotatable bonds is 0. The molecule has 0 radical (unpaired) electrons. The molecule has 1 N–H and O–H groups in total. The molecule has 1 heterocycles. The lowest BCUT2D eigenvalue weighted by atomic mass is 10.6. The Balaban J connectivity index is 2.58. The number of hydroxylamine groups is 1. The summed E-state index contributed by atoms with van der Waals surface area (Å²) in [6.45, 7) is 0.639. The Morgan fingerprint density at radius 2 is 2.57 bits per heavy atom. The molecule has 0 aromatic rings. The SMILES string of the molecule is [O-][N+]1=CCNC=C1. The van der Waals surface area contributed by atoms with E-state index in [1.807, 2.05) is 0 Å². The molecule has 3 heteroatoms. The molecule has 38 valence electrons. The van der Waals surface area contributed by atoms with Crippen molar-refractivity contribution in [2.24, 2.45) is 0 Å². The Bertz CT molecular complexity index is 117. The normalized spacial score (nSPS) is 18.0. The lowest BCUT2D eigenvalue weighted by Crippen LogP contribution is -2.17. The van der Waals surface area contributed by atoms with Crippen molar-refractivity contribution in [2.45, 2.75) is 0 Å². The highest BCUT2D eigenvalue weighted by Crippen LogP contribution is 1.74. The van der Waals surface area contributed by atoms with Crippen LogP contribution in [0.3, 0.4) is 0 Å². The molecule has 1 rings (SSSR count). The lowest BCUT2D eigenvalue weighted by Gasteiger charge is -2.00. The summed E-state index contributed by atoms with van der Waals surface area (Å²) in [5.41, 5.74) is 0. The second-order valence-electron chi connectivity index (χ2n) is 1.27. The molecule has 0 aromatic carbocycles. The van der Waals surface area contributed by atoms with Gasteiger partial charge in [0.1, 0.15) is 0 Å². The predicted octanol–water partition coefficient (Wildman–Crippen LogP) is -0.358. The van der Waals surface area contributed by atoms with Gasteiger partial charge in [-0.25, -0.2) is 0 Å². The van der Waals surface area contributed by atoms with E-state index in [2.05, 4.69) is 5.32 Å². The Hall–Kier alpha value is -0.990. The predicted molar refractivity (Wildman–Crippen MR) is 26.8 cm³/mol. The van der Waals surface area contributed by atoms with Crippen LogP contribution >= 0.6 is 0 Å². The van der Waals surface area contributed by atoms with Crippen LogP contribution in [0.4, 0.5) is 0 Å². The highest BCUT2D eigenvalue weighted by atomic mass is 16.5. The molecule has 7 heavy (non-hydrogen) atoms. The molecule has 0 atom stereocenters. The third-order valence-corrected chi connectivity index (χ3v) is 0.728. The van der Waals surface area contributed by atoms with Crippen LogP contribution in [0.2, 0.25) is 0 Å². The fraction of sp³-hybridized carbons (Fsp3) is 0.250. The van der Waals surface area contributed by atoms with E-state index in [9.17, 15) is 5.21 Å². The molecular weight excluding hydrogens is 92.1 g/mol. The van der Waals surface area contributed by atoms with Crippen molar-refractivity contribution in [1.29, 1.82) is 0 Å². The van der Waals surface area contributed by atoms with Gasteiger partial charge in [0.05, 0.1) is 12.7 Å². The molecular formula is C4H6N2O. The van der Waals surface area contributed by atoms with Crippen LogP contribution in [0.15, 0.2) is 12.4 Å². The Morgan fingerprint density at radius 3 is 2.86 bits per heavy atom. The van der Waals surface area contributed by atoms with E-state index in [0.717, 1.165) is 4.74 Å².